The van der Waals surface area contributed by atoms with Crippen molar-refractivity contribution in [2.75, 3.05) is 0 Å². The molecule has 0 aromatic heterocycles. The number of carbonyl (C=O) groups excluding carboxylic acids is 2. The largest absolute Gasteiger partial charge is 2.00 e. The first-order chi connectivity index (χ1) is 19.5. The van der Waals surface area contributed by atoms with Crippen LogP contribution in [0.4, 0.5) is 0 Å². The van der Waals surface area contributed by atoms with Gasteiger partial charge in [0.1, 0.15) is 0 Å². The average Bonchev–Trinajstić information content (AvgIpc) is 2.93. The third kappa shape index (κ3) is 48.7. The molecule has 0 aliphatic carbocycles. The molecule has 41 heavy (non-hydrogen) atoms. The second-order valence-corrected chi connectivity index (χ2v) is 9.94. The normalized spacial score (nSPS) is 11.8. The topological polar surface area (TPSA) is 80.3 Å². The van der Waals surface area contributed by atoms with E-state index in [9.17, 15) is 19.8 Å². The molecule has 0 aliphatic rings. The fraction of sp³-hybridized carbons (Fsp3) is 0.611. The van der Waals surface area contributed by atoms with Crippen molar-refractivity contribution >= 4 is 49.7 Å². The van der Waals surface area contributed by atoms with Crippen LogP contribution in [-0.2, 0) is 9.59 Å². The van der Waals surface area contributed by atoms with Crippen LogP contribution in [0.5, 0.6) is 0 Å². The van der Waals surface area contributed by atoms with E-state index in [0.717, 1.165) is 89.9 Å². The quantitative estimate of drug-likeness (QED) is 0.0573. The van der Waals surface area contributed by atoms with Crippen LogP contribution in [0, 0.1) is 0 Å². The molecule has 0 aliphatic heterocycles. The molecule has 0 atom stereocenters. The van der Waals surface area contributed by atoms with Crippen molar-refractivity contribution in [3.05, 3.63) is 72.9 Å². The Kier molecular flexibility index (Phi) is 43.8. The second kappa shape index (κ2) is 40.8. The van der Waals surface area contributed by atoms with E-state index < -0.39 is 11.9 Å². The van der Waals surface area contributed by atoms with Gasteiger partial charge >= 0.3 is 37.7 Å². The minimum Gasteiger partial charge on any atom is -0.550 e. The van der Waals surface area contributed by atoms with Crippen LogP contribution in [0.3, 0.4) is 0 Å². The summed E-state index contributed by atoms with van der Waals surface area (Å²) in [6.45, 7) is 4.29. The molecule has 4 nitrogen and oxygen atoms in total. The Bertz CT molecular complexity index is 670. The van der Waals surface area contributed by atoms with Crippen LogP contribution in [-0.4, -0.2) is 49.7 Å². The van der Waals surface area contributed by atoms with Crippen LogP contribution in [0.2, 0.25) is 0 Å². The van der Waals surface area contributed by atoms with E-state index >= 15 is 0 Å². The zero-order chi connectivity index (χ0) is 29.8. The van der Waals surface area contributed by atoms with Crippen LogP contribution >= 0.6 is 0 Å². The third-order valence-electron chi connectivity index (χ3n) is 6.06. The minimum atomic E-state index is -0.925. The van der Waals surface area contributed by atoms with E-state index in [4.69, 9.17) is 0 Å². The number of carbonyl (C=O) groups is 2. The summed E-state index contributed by atoms with van der Waals surface area (Å²) in [6, 6.07) is 0. The van der Waals surface area contributed by atoms with Gasteiger partial charge in [-0.05, 0) is 89.9 Å². The number of rotatable bonds is 26. The van der Waals surface area contributed by atoms with Crippen molar-refractivity contribution in [1.82, 2.24) is 0 Å². The van der Waals surface area contributed by atoms with E-state index in [0.29, 0.717) is 0 Å². The maximum absolute atomic E-state index is 10.2. The molecule has 5 heteroatoms. The van der Waals surface area contributed by atoms with Crippen molar-refractivity contribution in [2.45, 2.75) is 142 Å². The molecular formula is C36H58CaO4. The SMILES string of the molecule is CCC=CCC=CCC=CCCCCCCCC(=O)[O-].CCC=CCC=CCC=CCCCCCCCC(=O)[O-].[Ca+2]. The first-order valence-corrected chi connectivity index (χ1v) is 15.8. The summed E-state index contributed by atoms with van der Waals surface area (Å²) in [5.74, 6) is -1.85. The summed E-state index contributed by atoms with van der Waals surface area (Å²) in [7, 11) is 0. The Morgan fingerprint density at radius 3 is 1.00 bits per heavy atom. The second-order valence-electron chi connectivity index (χ2n) is 9.94. The van der Waals surface area contributed by atoms with Gasteiger partial charge in [0.2, 0.25) is 0 Å². The van der Waals surface area contributed by atoms with Gasteiger partial charge in [-0.15, -0.1) is 0 Å². The molecule has 0 fully saturated rings. The maximum Gasteiger partial charge on any atom is 2.00 e. The molecule has 0 spiro atoms. The molecule has 0 bridgehead atoms. The molecule has 0 heterocycles. The van der Waals surface area contributed by atoms with Gasteiger partial charge < -0.3 is 19.8 Å². The molecule has 228 valence electrons. The Labute approximate surface area is 282 Å². The summed E-state index contributed by atoms with van der Waals surface area (Å²) in [6.07, 6.45) is 46.1. The van der Waals surface area contributed by atoms with Crippen molar-refractivity contribution in [2.24, 2.45) is 0 Å². The van der Waals surface area contributed by atoms with Gasteiger partial charge in [0.25, 0.3) is 0 Å². The number of unbranched alkanes of at least 4 members (excludes halogenated alkanes) is 10. The van der Waals surface area contributed by atoms with Crippen LogP contribution in [0.1, 0.15) is 142 Å². The zero-order valence-corrected chi connectivity index (χ0v) is 28.6. The predicted octanol–water partition coefficient (Wildman–Crippen LogP) is 8.27. The standard InChI is InChI=1S/2C18H30O2.Ca/c2*1-2-3-4-5-6-7-8-9-10-11-12-13-14-15-16-17-18(19)20;/h2*3-4,6-7,9-10H,2,5,8,11-17H2,1H3,(H,19,20);/q;;+2/p-2. The number of carboxylic acids is 2. The summed E-state index contributed by atoms with van der Waals surface area (Å²) in [4.78, 5) is 20.4. The van der Waals surface area contributed by atoms with Crippen LogP contribution in [0.25, 0.3) is 0 Å². The molecule has 0 rings (SSSR count). The molecule has 0 amide bonds. The molecule has 0 unspecified atom stereocenters. The Hall–Kier alpha value is -1.36. The average molecular weight is 595 g/mol. The number of allylic oxidation sites excluding steroid dienone is 12. The van der Waals surface area contributed by atoms with Gasteiger partial charge in [-0.2, -0.15) is 0 Å². The van der Waals surface area contributed by atoms with Crippen molar-refractivity contribution < 1.29 is 19.8 Å². The zero-order valence-electron chi connectivity index (χ0n) is 26.4. The first kappa shape index (κ1) is 44.1. The third-order valence-corrected chi connectivity index (χ3v) is 6.06. The number of aliphatic carboxylic acids is 2. The summed E-state index contributed by atoms with van der Waals surface area (Å²) in [5, 5.41) is 20.4. The van der Waals surface area contributed by atoms with Gasteiger partial charge in [-0.1, -0.05) is 125 Å². The molecule has 0 aromatic carbocycles. The molecule has 0 aromatic rings. The predicted molar refractivity (Wildman–Crippen MR) is 174 cm³/mol. The summed E-state index contributed by atoms with van der Waals surface area (Å²) < 4.78 is 0. The Balaban J connectivity index is -0.000000688. The molecular weight excluding hydrogens is 536 g/mol. The fourth-order valence-corrected chi connectivity index (χ4v) is 3.78. The summed E-state index contributed by atoms with van der Waals surface area (Å²) >= 11 is 0. The van der Waals surface area contributed by atoms with Gasteiger partial charge in [-0.3, -0.25) is 0 Å². The first-order valence-electron chi connectivity index (χ1n) is 15.8. The van der Waals surface area contributed by atoms with Crippen LogP contribution < -0.4 is 10.2 Å². The van der Waals surface area contributed by atoms with Gasteiger partial charge in [0.05, 0.1) is 0 Å². The maximum atomic E-state index is 10.2. The number of hydrogen-bond donors (Lipinski definition) is 0. The van der Waals surface area contributed by atoms with E-state index in [1.165, 1.54) is 25.7 Å². The minimum absolute atomic E-state index is 0. The smallest absolute Gasteiger partial charge is 0.550 e. The van der Waals surface area contributed by atoms with Crippen molar-refractivity contribution in [3.8, 4) is 0 Å². The van der Waals surface area contributed by atoms with E-state index in [1.54, 1.807) is 0 Å². The monoisotopic (exact) mass is 594 g/mol. The van der Waals surface area contributed by atoms with E-state index in [1.807, 2.05) is 0 Å². The van der Waals surface area contributed by atoms with E-state index in [-0.39, 0.29) is 50.6 Å². The van der Waals surface area contributed by atoms with Gasteiger partial charge in [0, 0.05) is 11.9 Å². The molecule has 0 radical (unpaired) electrons. The fourth-order valence-electron chi connectivity index (χ4n) is 3.78. The number of hydrogen-bond acceptors (Lipinski definition) is 4. The molecule has 0 N–H and O–H groups in total. The number of carboxylic acid groups (broad SMARTS) is 2. The van der Waals surface area contributed by atoms with Crippen molar-refractivity contribution in [1.29, 1.82) is 0 Å². The summed E-state index contributed by atoms with van der Waals surface area (Å²) in [5.41, 5.74) is 0. The Morgan fingerprint density at radius 1 is 0.415 bits per heavy atom. The molecule has 0 saturated carbocycles. The van der Waals surface area contributed by atoms with Crippen LogP contribution in [0.15, 0.2) is 72.9 Å². The van der Waals surface area contributed by atoms with Gasteiger partial charge in [-0.25, -0.2) is 0 Å². The van der Waals surface area contributed by atoms with E-state index in [2.05, 4.69) is 86.8 Å². The Morgan fingerprint density at radius 2 is 0.683 bits per heavy atom. The molecule has 0 saturated heterocycles. The van der Waals surface area contributed by atoms with Gasteiger partial charge in [0.15, 0.2) is 0 Å². The van der Waals surface area contributed by atoms with Crippen molar-refractivity contribution in [3.63, 3.8) is 0 Å².